The van der Waals surface area contributed by atoms with Crippen molar-refractivity contribution in [2.24, 2.45) is 11.7 Å². The van der Waals surface area contributed by atoms with Crippen LogP contribution in [-0.4, -0.2) is 62.9 Å². The zero-order valence-electron chi connectivity index (χ0n) is 11.6. The molecule has 0 aliphatic carbocycles. The summed E-state index contributed by atoms with van der Waals surface area (Å²) in [4.78, 5) is 13.3. The Hall–Kier alpha value is -0.860. The molecule has 20 heavy (non-hydrogen) atoms. The third kappa shape index (κ3) is 6.53. The van der Waals surface area contributed by atoms with Crippen molar-refractivity contribution in [3.8, 4) is 0 Å². The molecule has 2 atom stereocenters. The highest BCUT2D eigenvalue weighted by Gasteiger charge is 2.32. The van der Waals surface area contributed by atoms with E-state index in [-0.39, 0.29) is 24.3 Å². The summed E-state index contributed by atoms with van der Waals surface area (Å²) < 4.78 is 41.4. The van der Waals surface area contributed by atoms with Crippen LogP contribution in [0.1, 0.15) is 12.8 Å². The van der Waals surface area contributed by atoms with Crippen LogP contribution in [0.5, 0.6) is 0 Å². The van der Waals surface area contributed by atoms with Crippen LogP contribution in [0.2, 0.25) is 0 Å². The molecule has 1 aliphatic heterocycles. The number of rotatable bonds is 6. The molecule has 118 valence electrons. The molecule has 0 radical (unpaired) electrons. The fourth-order valence-electron chi connectivity index (χ4n) is 2.54. The first kappa shape index (κ1) is 17.2. The molecule has 0 aromatic heterocycles. The second kappa shape index (κ2) is 7.80. The number of nitrogens with zero attached hydrogens (tertiary/aromatic N) is 1. The van der Waals surface area contributed by atoms with Crippen LogP contribution in [0.15, 0.2) is 0 Å². The molecule has 2 unspecified atom stereocenters. The summed E-state index contributed by atoms with van der Waals surface area (Å²) >= 11 is 0. The van der Waals surface area contributed by atoms with Crippen molar-refractivity contribution in [3.05, 3.63) is 0 Å². The quantitative estimate of drug-likeness (QED) is 0.693. The van der Waals surface area contributed by atoms with Gasteiger partial charge in [-0.05, 0) is 12.3 Å². The first-order valence-corrected chi connectivity index (χ1v) is 6.63. The number of hydrogen-bond donors (Lipinski definition) is 2. The number of carbonyl (C=O) groups excluding carboxylic acids is 1. The fourth-order valence-corrected chi connectivity index (χ4v) is 2.54. The van der Waals surface area contributed by atoms with Gasteiger partial charge in [-0.3, -0.25) is 4.79 Å². The molecular weight excluding hydrogens is 275 g/mol. The molecule has 1 rings (SSSR count). The first-order chi connectivity index (χ1) is 9.34. The lowest BCUT2D eigenvalue weighted by Gasteiger charge is -2.37. The van der Waals surface area contributed by atoms with Gasteiger partial charge >= 0.3 is 12.1 Å². The Morgan fingerprint density at radius 2 is 2.15 bits per heavy atom. The minimum Gasteiger partial charge on any atom is -0.469 e. The number of nitrogens with one attached hydrogen (secondary N) is 1. The number of ether oxygens (including phenoxy) is 1. The Bertz CT molecular complexity index is 313. The largest absolute Gasteiger partial charge is 0.469 e. The van der Waals surface area contributed by atoms with E-state index in [0.29, 0.717) is 32.6 Å². The third-order valence-corrected chi connectivity index (χ3v) is 3.33. The molecule has 1 aliphatic rings. The van der Waals surface area contributed by atoms with Gasteiger partial charge in [0.15, 0.2) is 0 Å². The second-order valence-electron chi connectivity index (χ2n) is 5.12. The molecule has 1 heterocycles. The summed E-state index contributed by atoms with van der Waals surface area (Å²) in [6, 6.07) is -0.286. The number of carbonyl (C=O) groups is 1. The van der Waals surface area contributed by atoms with E-state index in [4.69, 9.17) is 5.73 Å². The molecule has 1 saturated heterocycles. The molecule has 1 fully saturated rings. The minimum atomic E-state index is -4.23. The van der Waals surface area contributed by atoms with E-state index >= 15 is 0 Å². The minimum absolute atomic E-state index is 0.00603. The van der Waals surface area contributed by atoms with Crippen LogP contribution in [0, 0.1) is 5.92 Å². The standard InChI is InChI=1S/C12H22F3N3O2/c1-20-11(19)5-9-4-10(17-8-12(13,14)15)7-18(6-9)3-2-16/h9-10,17H,2-8,16H2,1H3. The maximum Gasteiger partial charge on any atom is 0.401 e. The lowest BCUT2D eigenvalue weighted by Crippen LogP contribution is -2.52. The summed E-state index contributed by atoms with van der Waals surface area (Å²) in [5, 5.41) is 2.51. The Kier molecular flexibility index (Phi) is 6.70. The molecular formula is C12H22F3N3O2. The topological polar surface area (TPSA) is 67.6 Å². The SMILES string of the molecule is COC(=O)CC1CC(NCC(F)(F)F)CN(CCN)C1. The predicted octanol–water partition coefficient (Wildman–Crippen LogP) is 0.351. The van der Waals surface area contributed by atoms with E-state index in [0.717, 1.165) is 0 Å². The van der Waals surface area contributed by atoms with Gasteiger partial charge in [0.1, 0.15) is 0 Å². The van der Waals surface area contributed by atoms with Crippen LogP contribution in [0.4, 0.5) is 13.2 Å². The average Bonchev–Trinajstić information content (AvgIpc) is 2.35. The molecule has 0 spiro atoms. The summed E-state index contributed by atoms with van der Waals surface area (Å²) in [6.45, 7) is 1.22. The summed E-state index contributed by atoms with van der Waals surface area (Å²) in [7, 11) is 1.31. The van der Waals surface area contributed by atoms with Crippen molar-refractivity contribution in [1.29, 1.82) is 0 Å². The number of piperidine rings is 1. The average molecular weight is 297 g/mol. The van der Waals surface area contributed by atoms with Crippen molar-refractivity contribution in [2.75, 3.05) is 39.8 Å². The molecule has 0 amide bonds. The van der Waals surface area contributed by atoms with Gasteiger partial charge in [0.2, 0.25) is 0 Å². The summed E-state index contributed by atoms with van der Waals surface area (Å²) in [5.74, 6) is -0.340. The molecule has 5 nitrogen and oxygen atoms in total. The number of methoxy groups -OCH3 is 1. The Morgan fingerprint density at radius 1 is 1.45 bits per heavy atom. The smallest absolute Gasteiger partial charge is 0.401 e. The monoisotopic (exact) mass is 297 g/mol. The highest BCUT2D eigenvalue weighted by Crippen LogP contribution is 2.21. The third-order valence-electron chi connectivity index (χ3n) is 3.33. The maximum atomic E-state index is 12.2. The first-order valence-electron chi connectivity index (χ1n) is 6.63. The Balaban J connectivity index is 2.53. The number of alkyl halides is 3. The van der Waals surface area contributed by atoms with Gasteiger partial charge in [0.25, 0.3) is 0 Å². The summed E-state index contributed by atoms with van der Waals surface area (Å²) in [5.41, 5.74) is 5.49. The van der Waals surface area contributed by atoms with Crippen LogP contribution in [0.25, 0.3) is 0 Å². The summed E-state index contributed by atoms with van der Waals surface area (Å²) in [6.07, 6.45) is -3.47. The van der Waals surface area contributed by atoms with Gasteiger partial charge in [-0.25, -0.2) is 0 Å². The normalized spacial score (nSPS) is 24.6. The highest BCUT2D eigenvalue weighted by atomic mass is 19.4. The van der Waals surface area contributed by atoms with Crippen molar-refractivity contribution in [1.82, 2.24) is 10.2 Å². The van der Waals surface area contributed by atoms with E-state index in [9.17, 15) is 18.0 Å². The van der Waals surface area contributed by atoms with Crippen molar-refractivity contribution >= 4 is 5.97 Å². The zero-order valence-corrected chi connectivity index (χ0v) is 11.6. The molecule has 0 aromatic carbocycles. The van der Waals surface area contributed by atoms with E-state index in [1.54, 1.807) is 0 Å². The Labute approximate surface area is 116 Å². The lowest BCUT2D eigenvalue weighted by atomic mass is 9.91. The molecule has 0 bridgehead atoms. The van der Waals surface area contributed by atoms with E-state index < -0.39 is 12.7 Å². The van der Waals surface area contributed by atoms with Gasteiger partial charge in [-0.15, -0.1) is 0 Å². The van der Waals surface area contributed by atoms with Gasteiger partial charge in [0.05, 0.1) is 13.7 Å². The Morgan fingerprint density at radius 3 is 2.70 bits per heavy atom. The van der Waals surface area contributed by atoms with Gasteiger partial charge in [0, 0.05) is 38.6 Å². The van der Waals surface area contributed by atoms with E-state index in [1.807, 2.05) is 4.90 Å². The van der Waals surface area contributed by atoms with Crippen LogP contribution >= 0.6 is 0 Å². The van der Waals surface area contributed by atoms with Gasteiger partial charge < -0.3 is 20.7 Å². The number of esters is 1. The number of likely N-dealkylation sites (tertiary alicyclic amines) is 1. The van der Waals surface area contributed by atoms with E-state index in [2.05, 4.69) is 10.1 Å². The lowest BCUT2D eigenvalue weighted by molar-refractivity contribution is -0.142. The second-order valence-corrected chi connectivity index (χ2v) is 5.12. The maximum absolute atomic E-state index is 12.2. The van der Waals surface area contributed by atoms with E-state index in [1.165, 1.54) is 7.11 Å². The molecule has 0 aromatic rings. The van der Waals surface area contributed by atoms with Gasteiger partial charge in [-0.1, -0.05) is 0 Å². The van der Waals surface area contributed by atoms with Crippen LogP contribution < -0.4 is 11.1 Å². The van der Waals surface area contributed by atoms with Crippen LogP contribution in [0.3, 0.4) is 0 Å². The fraction of sp³-hybridized carbons (Fsp3) is 0.917. The number of hydrogen-bond acceptors (Lipinski definition) is 5. The molecule has 8 heteroatoms. The van der Waals surface area contributed by atoms with Crippen molar-refractivity contribution < 1.29 is 22.7 Å². The van der Waals surface area contributed by atoms with Crippen LogP contribution in [-0.2, 0) is 9.53 Å². The molecule has 3 N–H and O–H groups in total. The number of nitrogens with two attached hydrogens (primary N) is 1. The predicted molar refractivity (Wildman–Crippen MR) is 68.1 cm³/mol. The zero-order chi connectivity index (χ0) is 15.2. The number of halogens is 3. The van der Waals surface area contributed by atoms with Gasteiger partial charge in [-0.2, -0.15) is 13.2 Å². The highest BCUT2D eigenvalue weighted by molar-refractivity contribution is 5.69. The van der Waals surface area contributed by atoms with Crippen molar-refractivity contribution in [2.45, 2.75) is 25.1 Å². The van der Waals surface area contributed by atoms with Crippen molar-refractivity contribution in [3.63, 3.8) is 0 Å². The molecule has 0 saturated carbocycles.